The molecule has 0 aromatic heterocycles. The number of carbonyl (C=O) groups excluding carboxylic acids is 6. The van der Waals surface area contributed by atoms with Crippen molar-refractivity contribution in [2.45, 2.75) is 70.7 Å². The molecule has 0 heterocycles. The molecule has 1 aliphatic carbocycles. The number of nitrogens with zero attached hydrogens (tertiary/aromatic N) is 3. The van der Waals surface area contributed by atoms with Crippen LogP contribution in [-0.4, -0.2) is 98.3 Å². The lowest BCUT2D eigenvalue weighted by Gasteiger charge is -2.34. The zero-order valence-electron chi connectivity index (χ0n) is 40.6. The van der Waals surface area contributed by atoms with Crippen LogP contribution < -0.4 is 27.0 Å². The predicted molar refractivity (Wildman–Crippen MR) is 267 cm³/mol. The Morgan fingerprint density at radius 2 is 1.24 bits per heavy atom. The largest absolute Gasteiger partial charge is 0.449 e. The van der Waals surface area contributed by atoms with Gasteiger partial charge < -0.3 is 46.1 Å². The number of nitrogens with one attached hydrogen (secondary N) is 2. The summed E-state index contributed by atoms with van der Waals surface area (Å²) in [6.45, 7) is 7.48. The molecule has 368 valence electrons. The number of fused-ring (bicyclic) bond motifs is 3. The SMILES string of the molecule is CC(C)[C@H](NC(=O)OCC1c2ccccc2-c2ccccc21)C(=O)N(c1ccc(COC(=O)N(C)CCN(C)C(=O)OC(C)(C)c2ccc(-c3ccccc3)cc2)cc1)[C@@H](CCCNC(N)=O)C(N)=O. The van der Waals surface area contributed by atoms with Crippen LogP contribution in [0.2, 0.25) is 0 Å². The number of primary amides is 2. The molecule has 6 rings (SSSR count). The van der Waals surface area contributed by atoms with Crippen molar-refractivity contribution in [3.8, 4) is 22.3 Å². The number of benzene rings is 5. The fourth-order valence-corrected chi connectivity index (χ4v) is 8.34. The Bertz CT molecular complexity index is 2580. The van der Waals surface area contributed by atoms with Gasteiger partial charge in [0.25, 0.3) is 5.91 Å². The Morgan fingerprint density at radius 1 is 0.686 bits per heavy atom. The van der Waals surface area contributed by atoms with Gasteiger partial charge in [-0.2, -0.15) is 0 Å². The fourth-order valence-electron chi connectivity index (χ4n) is 8.34. The first-order valence-corrected chi connectivity index (χ1v) is 23.3. The van der Waals surface area contributed by atoms with Crippen LogP contribution in [0.3, 0.4) is 0 Å². The maximum absolute atomic E-state index is 14.7. The first kappa shape index (κ1) is 51.5. The van der Waals surface area contributed by atoms with Gasteiger partial charge in [0.15, 0.2) is 0 Å². The number of nitrogens with two attached hydrogens (primary N) is 2. The summed E-state index contributed by atoms with van der Waals surface area (Å²) in [5, 5.41) is 5.23. The predicted octanol–water partition coefficient (Wildman–Crippen LogP) is 8.12. The number of ether oxygens (including phenoxy) is 3. The van der Waals surface area contributed by atoms with Crippen LogP contribution in [0.1, 0.15) is 68.7 Å². The molecule has 16 heteroatoms. The maximum Gasteiger partial charge on any atom is 0.410 e. The number of alkyl carbamates (subject to hydrolysis) is 1. The molecule has 0 aliphatic heterocycles. The van der Waals surface area contributed by atoms with Crippen molar-refractivity contribution in [1.82, 2.24) is 20.4 Å². The number of anilines is 1. The van der Waals surface area contributed by atoms with Crippen molar-refractivity contribution < 1.29 is 43.0 Å². The van der Waals surface area contributed by atoms with Gasteiger partial charge in [0, 0.05) is 45.3 Å². The van der Waals surface area contributed by atoms with Gasteiger partial charge in [-0.15, -0.1) is 0 Å². The minimum atomic E-state index is -1.20. The molecule has 70 heavy (non-hydrogen) atoms. The second-order valence-corrected chi connectivity index (χ2v) is 18.1. The molecular weight excluding hydrogens is 891 g/mol. The second-order valence-electron chi connectivity index (χ2n) is 18.1. The van der Waals surface area contributed by atoms with Crippen molar-refractivity contribution in [2.24, 2.45) is 17.4 Å². The van der Waals surface area contributed by atoms with Gasteiger partial charge in [-0.05, 0) is 89.2 Å². The summed E-state index contributed by atoms with van der Waals surface area (Å²) in [7, 11) is 3.14. The Balaban J connectivity index is 1.06. The van der Waals surface area contributed by atoms with E-state index in [0.717, 1.165) is 38.9 Å². The van der Waals surface area contributed by atoms with Crippen LogP contribution in [0.25, 0.3) is 22.3 Å². The number of urea groups is 1. The van der Waals surface area contributed by atoms with Gasteiger partial charge in [0.1, 0.15) is 30.9 Å². The van der Waals surface area contributed by atoms with E-state index in [1.165, 1.54) is 14.7 Å². The third kappa shape index (κ3) is 13.0. The molecule has 1 aliphatic rings. The van der Waals surface area contributed by atoms with Gasteiger partial charge in [-0.3, -0.25) is 14.5 Å². The van der Waals surface area contributed by atoms with Crippen LogP contribution in [0.5, 0.6) is 0 Å². The number of carbonyl (C=O) groups is 6. The number of hydrogen-bond acceptors (Lipinski definition) is 9. The van der Waals surface area contributed by atoms with E-state index in [4.69, 9.17) is 25.7 Å². The molecule has 0 fully saturated rings. The molecule has 0 unspecified atom stereocenters. The number of rotatable bonds is 20. The molecule has 2 atom stereocenters. The molecule has 5 aromatic carbocycles. The van der Waals surface area contributed by atoms with Crippen LogP contribution in [-0.2, 0) is 36.0 Å². The summed E-state index contributed by atoms with van der Waals surface area (Å²) in [6.07, 6.45) is -1.71. The molecule has 7 amide bonds. The highest BCUT2D eigenvalue weighted by Gasteiger charge is 2.37. The fraction of sp³-hybridized carbons (Fsp3) is 0.333. The standard InChI is InChI=1S/C54H63N7O9/c1-35(2)47(58-51(65)68-34-45-43-19-12-10-17-41(43)42-18-11-13-20-44(42)45)49(63)61(46(48(55)62)21-14-30-57-50(56)64)40-28-22-36(23-29-40)33-69-52(66)59(5)31-32-60(6)53(67)70-54(3,4)39-26-24-38(25-27-39)37-15-8-7-9-16-37/h7-13,15-20,22-29,35,45-47H,14,21,30-34H2,1-6H3,(H2,55,62)(H,58,65)(H3,56,57,64)/t46-,47-/m0/s1. The molecular formula is C54H63N7O9. The highest BCUT2D eigenvalue weighted by molar-refractivity contribution is 6.04. The van der Waals surface area contributed by atoms with Gasteiger partial charge in [-0.1, -0.05) is 129 Å². The van der Waals surface area contributed by atoms with Crippen LogP contribution in [0.4, 0.5) is 24.9 Å². The summed E-state index contributed by atoms with van der Waals surface area (Å²) in [5.41, 5.74) is 18.3. The minimum absolute atomic E-state index is 0.0254. The lowest BCUT2D eigenvalue weighted by atomic mass is 9.95. The van der Waals surface area contributed by atoms with Gasteiger partial charge in [-0.25, -0.2) is 19.2 Å². The van der Waals surface area contributed by atoms with Crippen molar-refractivity contribution >= 4 is 41.8 Å². The van der Waals surface area contributed by atoms with Crippen molar-refractivity contribution in [3.05, 3.63) is 150 Å². The quantitative estimate of drug-likeness (QED) is 0.0437. The summed E-state index contributed by atoms with van der Waals surface area (Å²) < 4.78 is 17.3. The van der Waals surface area contributed by atoms with E-state index < -0.39 is 59.7 Å². The first-order chi connectivity index (χ1) is 33.4. The lowest BCUT2D eigenvalue weighted by molar-refractivity contribution is -0.126. The highest BCUT2D eigenvalue weighted by Crippen LogP contribution is 2.44. The molecule has 6 N–H and O–H groups in total. The molecule has 0 bridgehead atoms. The topological polar surface area (TPSA) is 216 Å². The summed E-state index contributed by atoms with van der Waals surface area (Å²) in [5.74, 6) is -2.10. The zero-order valence-corrected chi connectivity index (χ0v) is 40.6. The Hall–Kier alpha value is -7.88. The number of hydrogen-bond donors (Lipinski definition) is 4. The molecule has 16 nitrogen and oxygen atoms in total. The van der Waals surface area contributed by atoms with Crippen molar-refractivity contribution in [2.75, 3.05) is 45.2 Å². The lowest BCUT2D eigenvalue weighted by Crippen LogP contribution is -2.57. The summed E-state index contributed by atoms with van der Waals surface area (Å²) >= 11 is 0. The Labute approximate surface area is 409 Å². The van der Waals surface area contributed by atoms with Crippen LogP contribution in [0, 0.1) is 5.92 Å². The van der Waals surface area contributed by atoms with Gasteiger partial charge in [0.05, 0.1) is 0 Å². The van der Waals surface area contributed by atoms with Gasteiger partial charge >= 0.3 is 24.3 Å². The van der Waals surface area contributed by atoms with E-state index in [1.54, 1.807) is 52.2 Å². The normalized spacial score (nSPS) is 12.7. The van der Waals surface area contributed by atoms with Gasteiger partial charge in [0.2, 0.25) is 5.91 Å². The number of likely N-dealkylation sites (N-methyl/N-ethyl adjacent to an activating group) is 2. The molecule has 0 radical (unpaired) electrons. The first-order valence-electron chi connectivity index (χ1n) is 23.3. The van der Waals surface area contributed by atoms with E-state index >= 15 is 0 Å². The summed E-state index contributed by atoms with van der Waals surface area (Å²) in [4.78, 5) is 82.9. The number of amides is 7. The van der Waals surface area contributed by atoms with E-state index in [0.29, 0.717) is 5.56 Å². The maximum atomic E-state index is 14.7. The third-order valence-electron chi connectivity index (χ3n) is 12.4. The van der Waals surface area contributed by atoms with Crippen molar-refractivity contribution in [1.29, 1.82) is 0 Å². The Kier molecular flexibility index (Phi) is 17.2. The zero-order chi connectivity index (χ0) is 50.5. The van der Waals surface area contributed by atoms with E-state index in [1.807, 2.05) is 117 Å². The van der Waals surface area contributed by atoms with Crippen molar-refractivity contribution in [3.63, 3.8) is 0 Å². The monoisotopic (exact) mass is 953 g/mol. The highest BCUT2D eigenvalue weighted by atomic mass is 16.6. The average Bonchev–Trinajstić information content (AvgIpc) is 3.67. The smallest absolute Gasteiger partial charge is 0.410 e. The molecule has 5 aromatic rings. The Morgan fingerprint density at radius 3 is 1.81 bits per heavy atom. The molecule has 0 saturated carbocycles. The third-order valence-corrected chi connectivity index (χ3v) is 12.4. The molecule has 0 spiro atoms. The van der Waals surface area contributed by atoms with E-state index in [2.05, 4.69) is 10.6 Å². The van der Waals surface area contributed by atoms with Crippen LogP contribution >= 0.6 is 0 Å². The minimum Gasteiger partial charge on any atom is -0.449 e. The summed E-state index contributed by atoms with van der Waals surface area (Å²) in [6, 6.07) is 37.1. The second kappa shape index (κ2) is 23.4. The molecule has 0 saturated heterocycles. The van der Waals surface area contributed by atoms with E-state index in [9.17, 15) is 28.8 Å². The van der Waals surface area contributed by atoms with Crippen LogP contribution in [0.15, 0.2) is 127 Å². The van der Waals surface area contributed by atoms with E-state index in [-0.39, 0.29) is 57.3 Å². The average molecular weight is 954 g/mol.